The number of rotatable bonds is 2. The third-order valence-electron chi connectivity index (χ3n) is 6.65. The zero-order valence-corrected chi connectivity index (χ0v) is 16.2. The Hall–Kier alpha value is -2.40. The van der Waals surface area contributed by atoms with E-state index in [2.05, 4.69) is 23.1 Å². The summed E-state index contributed by atoms with van der Waals surface area (Å²) < 4.78 is 0. The van der Waals surface area contributed by atoms with Crippen molar-refractivity contribution in [2.45, 2.75) is 31.7 Å². The molecule has 0 spiro atoms. The summed E-state index contributed by atoms with van der Waals surface area (Å²) in [5.41, 5.74) is 0.927. The van der Waals surface area contributed by atoms with E-state index in [4.69, 9.17) is 0 Å². The summed E-state index contributed by atoms with van der Waals surface area (Å²) in [6, 6.07) is 14.7. The van der Waals surface area contributed by atoms with Gasteiger partial charge >= 0.3 is 0 Å². The van der Waals surface area contributed by atoms with Crippen molar-refractivity contribution in [1.29, 1.82) is 0 Å². The molecular weight excluding hydrogens is 350 g/mol. The van der Waals surface area contributed by atoms with Crippen LogP contribution >= 0.6 is 0 Å². The van der Waals surface area contributed by atoms with Gasteiger partial charge in [-0.15, -0.1) is 0 Å². The molecule has 3 heterocycles. The number of amides is 2. The van der Waals surface area contributed by atoms with Crippen LogP contribution in [0.1, 0.15) is 25.7 Å². The largest absolute Gasteiger partial charge is 0.341 e. The van der Waals surface area contributed by atoms with Crippen LogP contribution in [-0.4, -0.2) is 60.4 Å². The Labute approximate surface area is 165 Å². The van der Waals surface area contributed by atoms with E-state index in [0.717, 1.165) is 42.5 Å². The number of carbonyl (C=O) groups excluding carboxylic acids is 2. The van der Waals surface area contributed by atoms with Crippen molar-refractivity contribution < 1.29 is 9.59 Å². The molecule has 0 bridgehead atoms. The van der Waals surface area contributed by atoms with Gasteiger partial charge in [-0.25, -0.2) is 0 Å². The maximum Gasteiger partial charge on any atom is 0.228 e. The fourth-order valence-electron chi connectivity index (χ4n) is 5.21. The molecule has 0 unspecified atom stereocenters. The van der Waals surface area contributed by atoms with Gasteiger partial charge in [0.15, 0.2) is 0 Å². The van der Waals surface area contributed by atoms with Crippen LogP contribution in [0.5, 0.6) is 0 Å². The van der Waals surface area contributed by atoms with Crippen LogP contribution in [0.25, 0.3) is 10.8 Å². The smallest absolute Gasteiger partial charge is 0.228 e. The third-order valence-corrected chi connectivity index (χ3v) is 6.65. The zero-order chi connectivity index (χ0) is 19.1. The molecule has 3 aliphatic rings. The summed E-state index contributed by atoms with van der Waals surface area (Å²) in [6.07, 6.45) is 3.79. The number of hydrogen-bond acceptors (Lipinski definition) is 3. The first kappa shape index (κ1) is 17.7. The molecule has 2 amide bonds. The van der Waals surface area contributed by atoms with Gasteiger partial charge in [0, 0.05) is 44.0 Å². The summed E-state index contributed by atoms with van der Waals surface area (Å²) in [4.78, 5) is 32.5. The molecule has 3 aliphatic heterocycles. The maximum atomic E-state index is 13.3. The Bertz CT molecular complexity index is 906. The van der Waals surface area contributed by atoms with E-state index < -0.39 is 0 Å². The van der Waals surface area contributed by atoms with Gasteiger partial charge < -0.3 is 9.80 Å². The Morgan fingerprint density at radius 1 is 0.929 bits per heavy atom. The molecular formula is C23H27N3O2. The van der Waals surface area contributed by atoms with Gasteiger partial charge in [-0.3, -0.25) is 14.5 Å². The van der Waals surface area contributed by atoms with E-state index in [1.807, 2.05) is 34.1 Å². The van der Waals surface area contributed by atoms with Gasteiger partial charge in [0.25, 0.3) is 0 Å². The molecule has 0 saturated carbocycles. The molecule has 146 valence electrons. The van der Waals surface area contributed by atoms with Crippen molar-refractivity contribution in [3.63, 3.8) is 0 Å². The Balaban J connectivity index is 1.35. The van der Waals surface area contributed by atoms with Gasteiger partial charge in [-0.2, -0.15) is 0 Å². The first-order valence-electron chi connectivity index (χ1n) is 10.5. The molecule has 2 aromatic rings. The zero-order valence-electron chi connectivity index (χ0n) is 16.2. The Morgan fingerprint density at radius 3 is 2.68 bits per heavy atom. The highest BCUT2D eigenvalue weighted by molar-refractivity contribution is 6.07. The van der Waals surface area contributed by atoms with Crippen molar-refractivity contribution in [1.82, 2.24) is 9.80 Å². The number of anilines is 1. The average molecular weight is 377 g/mol. The second-order valence-electron chi connectivity index (χ2n) is 8.37. The standard InChI is InChI=1S/C23H27N3O2/c27-22-14-18(23(28)25-13-5-12-24-11-4-8-19(24)16-25)15-26(22)21-10-3-7-17-6-1-2-9-20(17)21/h1-3,6-7,9-10,18-19H,4-5,8,11-16H2/t18-,19+/m1/s1. The van der Waals surface area contributed by atoms with Crippen molar-refractivity contribution >= 4 is 28.3 Å². The Kier molecular flexibility index (Phi) is 4.55. The summed E-state index contributed by atoms with van der Waals surface area (Å²) in [5.74, 6) is 0.0104. The third kappa shape index (κ3) is 3.08. The second kappa shape index (κ2) is 7.21. The van der Waals surface area contributed by atoms with E-state index in [1.54, 1.807) is 0 Å². The number of carbonyl (C=O) groups is 2. The topological polar surface area (TPSA) is 43.9 Å². The van der Waals surface area contributed by atoms with E-state index in [1.165, 1.54) is 19.4 Å². The lowest BCUT2D eigenvalue weighted by atomic mass is 10.1. The lowest BCUT2D eigenvalue weighted by molar-refractivity contribution is -0.136. The molecule has 2 aromatic carbocycles. The molecule has 3 saturated heterocycles. The van der Waals surface area contributed by atoms with E-state index in [0.29, 0.717) is 19.0 Å². The highest BCUT2D eigenvalue weighted by Gasteiger charge is 2.39. The molecule has 0 N–H and O–H groups in total. The van der Waals surface area contributed by atoms with Crippen molar-refractivity contribution in [2.24, 2.45) is 5.92 Å². The Morgan fingerprint density at radius 2 is 1.75 bits per heavy atom. The highest BCUT2D eigenvalue weighted by Crippen LogP contribution is 2.33. The molecule has 3 fully saturated rings. The fourth-order valence-corrected chi connectivity index (χ4v) is 5.21. The number of nitrogens with zero attached hydrogens (tertiary/aromatic N) is 3. The molecule has 5 heteroatoms. The predicted molar refractivity (Wildman–Crippen MR) is 110 cm³/mol. The number of hydrogen-bond donors (Lipinski definition) is 0. The quantitative estimate of drug-likeness (QED) is 0.808. The number of fused-ring (bicyclic) bond motifs is 2. The van der Waals surface area contributed by atoms with Crippen molar-refractivity contribution in [3.8, 4) is 0 Å². The maximum absolute atomic E-state index is 13.3. The lowest BCUT2D eigenvalue weighted by Gasteiger charge is -2.27. The minimum absolute atomic E-state index is 0.0621. The van der Waals surface area contributed by atoms with Crippen molar-refractivity contribution in [2.75, 3.05) is 37.6 Å². The van der Waals surface area contributed by atoms with Gasteiger partial charge in [0.05, 0.1) is 11.6 Å². The summed E-state index contributed by atoms with van der Waals surface area (Å²) in [5, 5.41) is 2.19. The predicted octanol–water partition coefficient (Wildman–Crippen LogP) is 2.89. The minimum atomic E-state index is -0.223. The second-order valence-corrected chi connectivity index (χ2v) is 8.37. The van der Waals surface area contributed by atoms with Crippen LogP contribution in [0.3, 0.4) is 0 Å². The average Bonchev–Trinajstić information content (AvgIpc) is 3.27. The monoisotopic (exact) mass is 377 g/mol. The van der Waals surface area contributed by atoms with E-state index >= 15 is 0 Å². The van der Waals surface area contributed by atoms with Crippen LogP contribution in [0.4, 0.5) is 5.69 Å². The lowest BCUT2D eigenvalue weighted by Crippen LogP contribution is -2.42. The highest BCUT2D eigenvalue weighted by atomic mass is 16.2. The summed E-state index contributed by atoms with van der Waals surface area (Å²) >= 11 is 0. The SMILES string of the molecule is O=C([C@@H]1CC(=O)N(c2cccc3ccccc23)C1)N1CCCN2CCC[C@H]2C1. The molecule has 2 atom stereocenters. The molecule has 5 rings (SSSR count). The normalized spacial score (nSPS) is 25.9. The minimum Gasteiger partial charge on any atom is -0.341 e. The summed E-state index contributed by atoms with van der Waals surface area (Å²) in [6.45, 7) is 4.42. The van der Waals surface area contributed by atoms with Gasteiger partial charge in [-0.1, -0.05) is 36.4 Å². The van der Waals surface area contributed by atoms with Crippen LogP contribution in [0.15, 0.2) is 42.5 Å². The fraction of sp³-hybridized carbons (Fsp3) is 0.478. The van der Waals surface area contributed by atoms with Crippen LogP contribution in [0.2, 0.25) is 0 Å². The molecule has 0 radical (unpaired) electrons. The molecule has 28 heavy (non-hydrogen) atoms. The van der Waals surface area contributed by atoms with Crippen LogP contribution in [-0.2, 0) is 9.59 Å². The molecule has 5 nitrogen and oxygen atoms in total. The first-order chi connectivity index (χ1) is 13.7. The van der Waals surface area contributed by atoms with Gasteiger partial charge in [0.1, 0.15) is 0 Å². The van der Waals surface area contributed by atoms with E-state index in [9.17, 15) is 9.59 Å². The van der Waals surface area contributed by atoms with Crippen LogP contribution < -0.4 is 4.90 Å². The van der Waals surface area contributed by atoms with Crippen LogP contribution in [0, 0.1) is 5.92 Å². The number of benzene rings is 2. The molecule has 0 aromatic heterocycles. The van der Waals surface area contributed by atoms with E-state index in [-0.39, 0.29) is 17.7 Å². The summed E-state index contributed by atoms with van der Waals surface area (Å²) in [7, 11) is 0. The molecule has 0 aliphatic carbocycles. The van der Waals surface area contributed by atoms with Gasteiger partial charge in [0.2, 0.25) is 11.8 Å². The first-order valence-corrected chi connectivity index (χ1v) is 10.5. The van der Waals surface area contributed by atoms with Gasteiger partial charge in [-0.05, 0) is 37.3 Å². The van der Waals surface area contributed by atoms with Crippen molar-refractivity contribution in [3.05, 3.63) is 42.5 Å².